The van der Waals surface area contributed by atoms with Gasteiger partial charge in [-0.2, -0.15) is 0 Å². The number of nitrogens with zero attached hydrogens (tertiary/aromatic N) is 1. The molecule has 0 radical (unpaired) electrons. The fourth-order valence-electron chi connectivity index (χ4n) is 3.33. The Morgan fingerprint density at radius 3 is 2.73 bits per heavy atom. The van der Waals surface area contributed by atoms with Crippen molar-refractivity contribution in [1.82, 2.24) is 4.90 Å². The summed E-state index contributed by atoms with van der Waals surface area (Å²) in [5.74, 6) is -4.76. The zero-order valence-electron chi connectivity index (χ0n) is 15.7. The summed E-state index contributed by atoms with van der Waals surface area (Å²) in [6.45, 7) is 0.637. The molecule has 0 bridgehead atoms. The first-order chi connectivity index (χ1) is 14.2. The maximum atomic E-state index is 14.0. The molecule has 0 N–H and O–H groups in total. The number of fused-ring (bicyclic) bond motifs is 1. The molecule has 1 aromatic carbocycles. The van der Waals surface area contributed by atoms with Gasteiger partial charge in [0, 0.05) is 18.2 Å². The molecule has 0 aromatic heterocycles. The van der Waals surface area contributed by atoms with Crippen LogP contribution in [0.15, 0.2) is 24.2 Å². The highest BCUT2D eigenvalue weighted by molar-refractivity contribution is 7.48. The Kier molecular flexibility index (Phi) is 5.58. The van der Waals surface area contributed by atoms with Crippen molar-refractivity contribution >= 4 is 19.5 Å². The van der Waals surface area contributed by atoms with Crippen LogP contribution in [0.25, 0.3) is 0 Å². The lowest BCUT2D eigenvalue weighted by atomic mass is 10.1. The number of phosphoric ester groups is 1. The van der Waals surface area contributed by atoms with Gasteiger partial charge in [0.15, 0.2) is 17.5 Å². The first-order valence-electron chi connectivity index (χ1n) is 9.05. The third kappa shape index (κ3) is 3.95. The number of benzene rings is 1. The number of ketones is 1. The molecule has 8 nitrogen and oxygen atoms in total. The quantitative estimate of drug-likeness (QED) is 0.518. The predicted octanol–water partition coefficient (Wildman–Crippen LogP) is 3.04. The molecule has 1 amide bonds. The first kappa shape index (κ1) is 21.2. The fraction of sp³-hybridized carbons (Fsp3) is 0.444. The molecule has 0 saturated carbocycles. The Hall–Kier alpha value is -2.04. The molecule has 162 valence electrons. The molecule has 2 saturated heterocycles. The minimum Gasteiger partial charge on any atom is -0.349 e. The van der Waals surface area contributed by atoms with Crippen LogP contribution in [0.5, 0.6) is 0 Å². The van der Waals surface area contributed by atoms with E-state index in [0.29, 0.717) is 0 Å². The number of Topliss-reactive ketones (excluding diaryl/α,β-unsaturated/α-hetero) is 1. The summed E-state index contributed by atoms with van der Waals surface area (Å²) in [7, 11) is -4.12. The molecule has 4 rings (SSSR count). The molecule has 30 heavy (non-hydrogen) atoms. The molecule has 12 heteroatoms. The Labute approximate surface area is 169 Å². The third-order valence-electron chi connectivity index (χ3n) is 5.00. The van der Waals surface area contributed by atoms with Gasteiger partial charge < -0.3 is 4.74 Å². The van der Waals surface area contributed by atoms with Gasteiger partial charge in [-0.15, -0.1) is 0 Å². The van der Waals surface area contributed by atoms with E-state index in [1.807, 2.05) is 0 Å². The zero-order valence-corrected chi connectivity index (χ0v) is 16.6. The molecule has 3 aliphatic heterocycles. The van der Waals surface area contributed by atoms with Gasteiger partial charge in [-0.25, -0.2) is 17.7 Å². The molecule has 1 unspecified atom stereocenters. The van der Waals surface area contributed by atoms with Crippen LogP contribution in [0.3, 0.4) is 0 Å². The van der Waals surface area contributed by atoms with E-state index in [1.54, 1.807) is 0 Å². The van der Waals surface area contributed by atoms with Crippen LogP contribution in [-0.4, -0.2) is 41.6 Å². The topological polar surface area (TPSA) is 91.4 Å². The van der Waals surface area contributed by atoms with Crippen LogP contribution in [0.2, 0.25) is 0 Å². The maximum absolute atomic E-state index is 14.0. The molecule has 1 aromatic rings. The number of carbonyl (C=O) groups excluding carboxylic acids is 2. The van der Waals surface area contributed by atoms with Gasteiger partial charge in [0.05, 0.1) is 19.6 Å². The van der Waals surface area contributed by atoms with Crippen LogP contribution in [0.1, 0.15) is 24.0 Å². The molecule has 3 heterocycles. The number of hydrogen-bond donors (Lipinski definition) is 0. The number of hydrogen-bond acceptors (Lipinski definition) is 7. The second-order valence-electron chi connectivity index (χ2n) is 7.07. The SMILES string of the molecule is Cc1ccc(COP2(=O)OC[C@H]3O[C@@H](N4C=C(F)C(=O)CC4=O)C[C@@H]3O2)c(F)c1F. The van der Waals surface area contributed by atoms with Crippen molar-refractivity contribution < 1.29 is 45.6 Å². The van der Waals surface area contributed by atoms with E-state index < -0.39 is 68.4 Å². The minimum atomic E-state index is -4.12. The zero-order chi connectivity index (χ0) is 21.6. The first-order valence-corrected chi connectivity index (χ1v) is 10.5. The highest BCUT2D eigenvalue weighted by Gasteiger charge is 2.49. The smallest absolute Gasteiger partial charge is 0.349 e. The van der Waals surface area contributed by atoms with Crippen LogP contribution < -0.4 is 0 Å². The van der Waals surface area contributed by atoms with Crippen molar-refractivity contribution in [1.29, 1.82) is 0 Å². The van der Waals surface area contributed by atoms with E-state index in [2.05, 4.69) is 0 Å². The Balaban J connectivity index is 1.41. The monoisotopic (exact) mass is 447 g/mol. The number of allylic oxidation sites excluding steroid dienone is 1. The molecular weight excluding hydrogens is 430 g/mol. The predicted molar refractivity (Wildman–Crippen MR) is 93.3 cm³/mol. The molecule has 0 aliphatic carbocycles. The average Bonchev–Trinajstić information content (AvgIpc) is 3.11. The number of phosphoric acid groups is 1. The lowest BCUT2D eigenvalue weighted by Crippen LogP contribution is -2.40. The van der Waals surface area contributed by atoms with Crippen LogP contribution in [0.4, 0.5) is 13.2 Å². The van der Waals surface area contributed by atoms with Gasteiger partial charge >= 0.3 is 7.82 Å². The van der Waals surface area contributed by atoms with Gasteiger partial charge in [-0.05, 0) is 12.5 Å². The summed E-state index contributed by atoms with van der Waals surface area (Å²) in [4.78, 5) is 24.2. The van der Waals surface area contributed by atoms with Gasteiger partial charge in [0.2, 0.25) is 11.7 Å². The maximum Gasteiger partial charge on any atom is 0.475 e. The Morgan fingerprint density at radius 2 is 1.97 bits per heavy atom. The van der Waals surface area contributed by atoms with E-state index >= 15 is 0 Å². The van der Waals surface area contributed by atoms with Gasteiger partial charge in [-0.1, -0.05) is 12.1 Å². The molecule has 4 atom stereocenters. The summed E-state index contributed by atoms with van der Waals surface area (Å²) in [6.07, 6.45) is -2.28. The van der Waals surface area contributed by atoms with Crippen molar-refractivity contribution in [3.8, 4) is 0 Å². The highest BCUT2D eigenvalue weighted by Crippen LogP contribution is 2.56. The van der Waals surface area contributed by atoms with Crippen LogP contribution >= 0.6 is 7.82 Å². The van der Waals surface area contributed by atoms with Crippen LogP contribution in [-0.2, 0) is 39.1 Å². The molecular formula is C18H17F3NO7P. The summed E-state index contributed by atoms with van der Waals surface area (Å²) in [6, 6.07) is 2.65. The van der Waals surface area contributed by atoms with E-state index in [0.717, 1.165) is 11.1 Å². The van der Waals surface area contributed by atoms with E-state index in [1.165, 1.54) is 19.1 Å². The van der Waals surface area contributed by atoms with Crippen molar-refractivity contribution in [2.75, 3.05) is 6.61 Å². The van der Waals surface area contributed by atoms with Gasteiger partial charge in [0.1, 0.15) is 18.4 Å². The second kappa shape index (κ2) is 7.90. The van der Waals surface area contributed by atoms with Crippen molar-refractivity contribution in [2.24, 2.45) is 0 Å². The highest BCUT2D eigenvalue weighted by atomic mass is 31.2. The summed E-state index contributed by atoms with van der Waals surface area (Å²) < 4.78 is 75.2. The number of carbonyl (C=O) groups is 2. The number of amides is 1. The van der Waals surface area contributed by atoms with Crippen molar-refractivity contribution in [2.45, 2.75) is 44.8 Å². The second-order valence-corrected chi connectivity index (χ2v) is 8.69. The standard InChI is InChI=1S/C18H17F3NO7P/c1-9-2-3-10(18(21)17(9)20)7-26-30(25)27-8-14-13(29-30)5-16(28-14)22-6-11(19)12(23)4-15(22)24/h2-3,6,13-14,16H,4-5,7-8H2,1H3/t13-,14+,16+,30?/m0/s1. The largest absolute Gasteiger partial charge is 0.475 e. The van der Waals surface area contributed by atoms with E-state index in [4.69, 9.17) is 18.3 Å². The normalized spacial score (nSPS) is 31.7. The summed E-state index contributed by atoms with van der Waals surface area (Å²) in [5, 5.41) is 0. The van der Waals surface area contributed by atoms with E-state index in [-0.39, 0.29) is 24.2 Å². The average molecular weight is 447 g/mol. The van der Waals surface area contributed by atoms with Crippen molar-refractivity contribution in [3.63, 3.8) is 0 Å². The van der Waals surface area contributed by atoms with Crippen molar-refractivity contribution in [3.05, 3.63) is 46.9 Å². The van der Waals surface area contributed by atoms with Crippen LogP contribution in [0, 0.1) is 18.6 Å². The molecule has 0 spiro atoms. The van der Waals surface area contributed by atoms with Gasteiger partial charge in [-0.3, -0.25) is 28.1 Å². The number of rotatable bonds is 4. The Bertz CT molecular complexity index is 985. The lowest BCUT2D eigenvalue weighted by molar-refractivity contribution is -0.146. The lowest BCUT2D eigenvalue weighted by Gasteiger charge is -2.30. The van der Waals surface area contributed by atoms with E-state index in [9.17, 15) is 27.3 Å². The summed E-state index contributed by atoms with van der Waals surface area (Å²) >= 11 is 0. The molecule has 2 fully saturated rings. The number of halogens is 3. The minimum absolute atomic E-state index is 0.0264. The number of ether oxygens (including phenoxy) is 1. The third-order valence-corrected chi connectivity index (χ3v) is 6.44. The number of aryl methyl sites for hydroxylation is 1. The summed E-state index contributed by atoms with van der Waals surface area (Å²) in [5.41, 5.74) is -0.0446. The Morgan fingerprint density at radius 1 is 1.20 bits per heavy atom. The molecule has 3 aliphatic rings. The fourth-order valence-corrected chi connectivity index (χ4v) is 4.71. The van der Waals surface area contributed by atoms with Gasteiger partial charge in [0.25, 0.3) is 0 Å².